The standard InChI is InChI=1S/C16H22N2O/c1-11-4-6-15-9-14(5-7-16(15)18-11)10-17-12(2)8-13(3)19/h4-7,9,12-13,17,19H,8,10H2,1-3H3. The van der Waals surface area contributed by atoms with Crippen molar-refractivity contribution in [3.8, 4) is 0 Å². The Morgan fingerprint density at radius 2 is 2.00 bits per heavy atom. The van der Waals surface area contributed by atoms with Crippen LogP contribution in [-0.2, 0) is 6.54 Å². The monoisotopic (exact) mass is 258 g/mol. The molecule has 0 aliphatic heterocycles. The van der Waals surface area contributed by atoms with Crippen molar-refractivity contribution < 1.29 is 5.11 Å². The van der Waals surface area contributed by atoms with Crippen LogP contribution in [0.1, 0.15) is 31.5 Å². The molecule has 3 nitrogen and oxygen atoms in total. The predicted molar refractivity (Wildman–Crippen MR) is 79.1 cm³/mol. The average Bonchev–Trinajstić information content (AvgIpc) is 2.35. The van der Waals surface area contributed by atoms with E-state index in [4.69, 9.17) is 0 Å². The van der Waals surface area contributed by atoms with E-state index in [9.17, 15) is 5.11 Å². The molecule has 2 aromatic rings. The van der Waals surface area contributed by atoms with Gasteiger partial charge in [-0.3, -0.25) is 4.98 Å². The molecule has 0 radical (unpaired) electrons. The van der Waals surface area contributed by atoms with Gasteiger partial charge in [0, 0.05) is 23.7 Å². The topological polar surface area (TPSA) is 45.1 Å². The van der Waals surface area contributed by atoms with Crippen LogP contribution in [-0.4, -0.2) is 22.2 Å². The number of aliphatic hydroxyl groups is 1. The van der Waals surface area contributed by atoms with Crippen LogP contribution in [0.5, 0.6) is 0 Å². The Morgan fingerprint density at radius 3 is 2.74 bits per heavy atom. The van der Waals surface area contributed by atoms with Gasteiger partial charge in [-0.05, 0) is 51.0 Å². The lowest BCUT2D eigenvalue weighted by Crippen LogP contribution is -2.28. The molecule has 2 rings (SSSR count). The highest BCUT2D eigenvalue weighted by Crippen LogP contribution is 2.15. The number of nitrogens with one attached hydrogen (secondary N) is 1. The molecule has 0 fully saturated rings. The molecule has 0 saturated carbocycles. The normalized spacial score (nSPS) is 14.5. The van der Waals surface area contributed by atoms with E-state index in [0.717, 1.165) is 24.2 Å². The third kappa shape index (κ3) is 4.01. The molecule has 0 aliphatic carbocycles. The summed E-state index contributed by atoms with van der Waals surface area (Å²) in [6.07, 6.45) is 0.514. The summed E-state index contributed by atoms with van der Waals surface area (Å²) < 4.78 is 0. The summed E-state index contributed by atoms with van der Waals surface area (Å²) in [5.74, 6) is 0. The van der Waals surface area contributed by atoms with E-state index in [-0.39, 0.29) is 6.10 Å². The highest BCUT2D eigenvalue weighted by molar-refractivity contribution is 5.79. The number of hydrogen-bond acceptors (Lipinski definition) is 3. The Labute approximate surface area is 114 Å². The van der Waals surface area contributed by atoms with Crippen molar-refractivity contribution in [2.24, 2.45) is 0 Å². The third-order valence-electron chi connectivity index (χ3n) is 3.24. The Hall–Kier alpha value is -1.45. The fraction of sp³-hybridized carbons (Fsp3) is 0.438. The van der Waals surface area contributed by atoms with E-state index in [1.807, 2.05) is 19.9 Å². The third-order valence-corrected chi connectivity index (χ3v) is 3.24. The minimum absolute atomic E-state index is 0.258. The highest BCUT2D eigenvalue weighted by atomic mass is 16.3. The molecule has 3 heteroatoms. The number of benzene rings is 1. The van der Waals surface area contributed by atoms with Gasteiger partial charge in [0.25, 0.3) is 0 Å². The van der Waals surface area contributed by atoms with Crippen LogP contribution in [0.2, 0.25) is 0 Å². The molecule has 0 bridgehead atoms. The van der Waals surface area contributed by atoms with Crippen molar-refractivity contribution in [1.82, 2.24) is 10.3 Å². The maximum Gasteiger partial charge on any atom is 0.0705 e. The smallest absolute Gasteiger partial charge is 0.0705 e. The molecule has 1 heterocycles. The molecule has 0 amide bonds. The maximum absolute atomic E-state index is 9.34. The lowest BCUT2D eigenvalue weighted by Gasteiger charge is -2.15. The lowest BCUT2D eigenvalue weighted by molar-refractivity contribution is 0.170. The van der Waals surface area contributed by atoms with E-state index in [1.165, 1.54) is 10.9 Å². The van der Waals surface area contributed by atoms with Crippen LogP contribution in [0.15, 0.2) is 30.3 Å². The summed E-state index contributed by atoms with van der Waals surface area (Å²) in [5, 5.41) is 13.9. The molecule has 2 atom stereocenters. The zero-order valence-electron chi connectivity index (χ0n) is 11.9. The van der Waals surface area contributed by atoms with Gasteiger partial charge >= 0.3 is 0 Å². The van der Waals surface area contributed by atoms with Crippen LogP contribution < -0.4 is 5.32 Å². The number of fused-ring (bicyclic) bond motifs is 1. The molecule has 1 aromatic carbocycles. The van der Waals surface area contributed by atoms with Crippen molar-refractivity contribution in [1.29, 1.82) is 0 Å². The fourth-order valence-corrected chi connectivity index (χ4v) is 2.27. The highest BCUT2D eigenvalue weighted by Gasteiger charge is 2.05. The first-order valence-electron chi connectivity index (χ1n) is 6.82. The van der Waals surface area contributed by atoms with Gasteiger partial charge in [0.1, 0.15) is 0 Å². The zero-order chi connectivity index (χ0) is 13.8. The van der Waals surface area contributed by atoms with Gasteiger partial charge in [-0.25, -0.2) is 0 Å². The molecule has 2 unspecified atom stereocenters. The Bertz CT molecular complexity index is 551. The molecular formula is C16H22N2O. The Morgan fingerprint density at radius 1 is 1.21 bits per heavy atom. The molecular weight excluding hydrogens is 236 g/mol. The summed E-state index contributed by atoms with van der Waals surface area (Å²) in [7, 11) is 0. The summed E-state index contributed by atoms with van der Waals surface area (Å²) in [6, 6.07) is 10.8. The number of nitrogens with zero attached hydrogens (tertiary/aromatic N) is 1. The minimum atomic E-state index is -0.258. The van der Waals surface area contributed by atoms with E-state index in [0.29, 0.717) is 6.04 Å². The van der Waals surface area contributed by atoms with Crippen molar-refractivity contribution in [3.05, 3.63) is 41.6 Å². The van der Waals surface area contributed by atoms with Crippen molar-refractivity contribution in [3.63, 3.8) is 0 Å². The minimum Gasteiger partial charge on any atom is -0.393 e. The van der Waals surface area contributed by atoms with E-state index in [1.54, 1.807) is 0 Å². The summed E-state index contributed by atoms with van der Waals surface area (Å²) in [4.78, 5) is 4.50. The van der Waals surface area contributed by atoms with Crippen LogP contribution in [0.25, 0.3) is 10.9 Å². The second kappa shape index (κ2) is 6.13. The quantitative estimate of drug-likeness (QED) is 0.867. The lowest BCUT2D eigenvalue weighted by atomic mass is 10.1. The largest absolute Gasteiger partial charge is 0.393 e. The molecule has 2 N–H and O–H groups in total. The van der Waals surface area contributed by atoms with Gasteiger partial charge in [0.05, 0.1) is 11.6 Å². The number of pyridine rings is 1. The second-order valence-corrected chi connectivity index (χ2v) is 5.35. The number of rotatable bonds is 5. The number of aliphatic hydroxyl groups excluding tert-OH is 1. The average molecular weight is 258 g/mol. The molecule has 1 aromatic heterocycles. The Balaban J connectivity index is 2.03. The van der Waals surface area contributed by atoms with Crippen LogP contribution in [0, 0.1) is 6.92 Å². The summed E-state index contributed by atoms with van der Waals surface area (Å²) in [5.41, 5.74) is 3.33. The first kappa shape index (κ1) is 14.0. The van der Waals surface area contributed by atoms with Gasteiger partial charge in [-0.15, -0.1) is 0 Å². The summed E-state index contributed by atoms with van der Waals surface area (Å²) >= 11 is 0. The van der Waals surface area contributed by atoms with E-state index in [2.05, 4.69) is 41.5 Å². The summed E-state index contributed by atoms with van der Waals surface area (Å²) in [6.45, 7) is 6.74. The first-order chi connectivity index (χ1) is 9.04. The second-order valence-electron chi connectivity index (χ2n) is 5.35. The van der Waals surface area contributed by atoms with Crippen molar-refractivity contribution >= 4 is 10.9 Å². The Kier molecular flexibility index (Phi) is 4.51. The molecule has 19 heavy (non-hydrogen) atoms. The number of aromatic nitrogens is 1. The van der Waals surface area contributed by atoms with Gasteiger partial charge < -0.3 is 10.4 Å². The van der Waals surface area contributed by atoms with Gasteiger partial charge in [0.2, 0.25) is 0 Å². The van der Waals surface area contributed by atoms with E-state index >= 15 is 0 Å². The van der Waals surface area contributed by atoms with Crippen LogP contribution >= 0.6 is 0 Å². The fourth-order valence-electron chi connectivity index (χ4n) is 2.27. The SMILES string of the molecule is Cc1ccc2cc(CNC(C)CC(C)O)ccc2n1. The first-order valence-corrected chi connectivity index (χ1v) is 6.82. The van der Waals surface area contributed by atoms with Gasteiger partial charge in [0.15, 0.2) is 0 Å². The van der Waals surface area contributed by atoms with E-state index < -0.39 is 0 Å². The van der Waals surface area contributed by atoms with Crippen LogP contribution in [0.3, 0.4) is 0 Å². The van der Waals surface area contributed by atoms with Crippen molar-refractivity contribution in [2.75, 3.05) is 0 Å². The van der Waals surface area contributed by atoms with Gasteiger partial charge in [-0.2, -0.15) is 0 Å². The zero-order valence-corrected chi connectivity index (χ0v) is 11.9. The van der Waals surface area contributed by atoms with Crippen LogP contribution in [0.4, 0.5) is 0 Å². The molecule has 0 aliphatic rings. The molecule has 0 saturated heterocycles. The molecule has 0 spiro atoms. The molecule has 102 valence electrons. The maximum atomic E-state index is 9.34. The number of aryl methyl sites for hydroxylation is 1. The van der Waals surface area contributed by atoms with Gasteiger partial charge in [-0.1, -0.05) is 12.1 Å². The van der Waals surface area contributed by atoms with Crippen molar-refractivity contribution in [2.45, 2.75) is 45.9 Å². The number of hydrogen-bond donors (Lipinski definition) is 2. The predicted octanol–water partition coefficient (Wildman–Crippen LogP) is 2.79.